The van der Waals surface area contributed by atoms with Crippen molar-refractivity contribution in [2.24, 2.45) is 0 Å². The second-order valence-electron chi connectivity index (χ2n) is 4.46. The molecule has 1 aliphatic heterocycles. The molecule has 0 atom stereocenters. The van der Waals surface area contributed by atoms with E-state index < -0.39 is 0 Å². The van der Waals surface area contributed by atoms with Crippen molar-refractivity contribution in [3.8, 4) is 0 Å². The lowest BCUT2D eigenvalue weighted by atomic mass is 10.1. The molecule has 0 radical (unpaired) electrons. The van der Waals surface area contributed by atoms with Gasteiger partial charge >= 0.3 is 0 Å². The van der Waals surface area contributed by atoms with Crippen molar-refractivity contribution < 1.29 is 9.94 Å². The molecule has 0 spiro atoms. The highest BCUT2D eigenvalue weighted by molar-refractivity contribution is 9.10. The maximum Gasteiger partial charge on any atom is 0.0594 e. The highest BCUT2D eigenvalue weighted by Gasteiger charge is 2.10. The van der Waals surface area contributed by atoms with Crippen LogP contribution in [0.2, 0.25) is 0 Å². The van der Waals surface area contributed by atoms with Crippen LogP contribution in [0.25, 0.3) is 0 Å². The number of hydrogen-bond acceptors (Lipinski definition) is 4. The summed E-state index contributed by atoms with van der Waals surface area (Å²) in [6.45, 7) is 5.31. The predicted octanol–water partition coefficient (Wildman–Crippen LogP) is 1.80. The molecule has 0 unspecified atom stereocenters. The summed E-state index contributed by atoms with van der Waals surface area (Å²) in [6, 6.07) is 6.22. The molecule has 1 saturated heterocycles. The third kappa shape index (κ3) is 4.03. The number of benzene rings is 1. The number of halogens is 1. The summed E-state index contributed by atoms with van der Waals surface area (Å²) in [5.41, 5.74) is 4.55. The fraction of sp³-hybridized carbons (Fsp3) is 0.538. The van der Waals surface area contributed by atoms with Crippen LogP contribution in [-0.4, -0.2) is 43.0 Å². The van der Waals surface area contributed by atoms with Crippen LogP contribution in [0.3, 0.4) is 0 Å². The molecule has 1 fully saturated rings. The van der Waals surface area contributed by atoms with E-state index in [1.807, 2.05) is 6.07 Å². The van der Waals surface area contributed by atoms with E-state index in [2.05, 4.69) is 38.4 Å². The Labute approximate surface area is 116 Å². The minimum absolute atomic E-state index is 0.475. The number of hydrogen-bond donors (Lipinski definition) is 2. The van der Waals surface area contributed by atoms with E-state index in [1.54, 1.807) is 0 Å². The lowest BCUT2D eigenvalue weighted by molar-refractivity contribution is 0.0384. The quantitative estimate of drug-likeness (QED) is 0.814. The molecule has 0 bridgehead atoms. The molecule has 2 rings (SSSR count). The average Bonchev–Trinajstić information content (AvgIpc) is 2.39. The standard InChI is InChI=1S/C13H19BrN2O2/c14-13-9-11(10-15-17)1-2-12(13)3-4-16-5-7-18-8-6-16/h1-2,9,15,17H,3-8,10H2. The summed E-state index contributed by atoms with van der Waals surface area (Å²) < 4.78 is 6.45. The fourth-order valence-corrected chi connectivity index (χ4v) is 2.72. The van der Waals surface area contributed by atoms with Gasteiger partial charge in [0.1, 0.15) is 0 Å². The van der Waals surface area contributed by atoms with Gasteiger partial charge in [0.15, 0.2) is 0 Å². The smallest absolute Gasteiger partial charge is 0.0594 e. The summed E-state index contributed by atoms with van der Waals surface area (Å²) in [7, 11) is 0. The van der Waals surface area contributed by atoms with Crippen molar-refractivity contribution in [3.05, 3.63) is 33.8 Å². The van der Waals surface area contributed by atoms with Crippen LogP contribution in [0.15, 0.2) is 22.7 Å². The molecule has 0 aliphatic carbocycles. The second kappa shape index (κ2) is 7.21. The van der Waals surface area contributed by atoms with Crippen molar-refractivity contribution in [1.82, 2.24) is 10.4 Å². The molecule has 0 saturated carbocycles. The Bertz CT molecular complexity index is 381. The summed E-state index contributed by atoms with van der Waals surface area (Å²) in [6.07, 6.45) is 1.04. The highest BCUT2D eigenvalue weighted by Crippen LogP contribution is 2.19. The summed E-state index contributed by atoms with van der Waals surface area (Å²) in [4.78, 5) is 2.43. The summed E-state index contributed by atoms with van der Waals surface area (Å²) in [5.74, 6) is 0. The molecule has 1 heterocycles. The van der Waals surface area contributed by atoms with E-state index in [9.17, 15) is 0 Å². The second-order valence-corrected chi connectivity index (χ2v) is 5.32. The Kier molecular flexibility index (Phi) is 5.59. The highest BCUT2D eigenvalue weighted by atomic mass is 79.9. The molecular formula is C13H19BrN2O2. The zero-order valence-corrected chi connectivity index (χ0v) is 11.9. The van der Waals surface area contributed by atoms with Gasteiger partial charge in [-0.15, -0.1) is 0 Å². The first-order valence-electron chi connectivity index (χ1n) is 6.24. The topological polar surface area (TPSA) is 44.7 Å². The molecule has 1 aromatic carbocycles. The van der Waals surface area contributed by atoms with E-state index in [1.165, 1.54) is 5.56 Å². The Hall–Kier alpha value is -0.460. The molecule has 18 heavy (non-hydrogen) atoms. The first-order valence-corrected chi connectivity index (χ1v) is 7.03. The molecule has 2 N–H and O–H groups in total. The fourth-order valence-electron chi connectivity index (χ4n) is 2.10. The third-order valence-electron chi connectivity index (χ3n) is 3.20. The van der Waals surface area contributed by atoms with Crippen LogP contribution < -0.4 is 5.48 Å². The van der Waals surface area contributed by atoms with Gasteiger partial charge in [0.25, 0.3) is 0 Å². The minimum atomic E-state index is 0.475. The van der Waals surface area contributed by atoms with Crippen molar-refractivity contribution in [2.75, 3.05) is 32.8 Å². The number of rotatable bonds is 5. The molecule has 0 amide bonds. The average molecular weight is 315 g/mol. The van der Waals surface area contributed by atoms with Crippen LogP contribution in [0.1, 0.15) is 11.1 Å². The Morgan fingerprint density at radius 1 is 1.33 bits per heavy atom. The van der Waals surface area contributed by atoms with Crippen LogP contribution in [0.5, 0.6) is 0 Å². The monoisotopic (exact) mass is 314 g/mol. The van der Waals surface area contributed by atoms with E-state index in [4.69, 9.17) is 9.94 Å². The van der Waals surface area contributed by atoms with E-state index >= 15 is 0 Å². The molecule has 100 valence electrons. The van der Waals surface area contributed by atoms with Crippen molar-refractivity contribution in [3.63, 3.8) is 0 Å². The van der Waals surface area contributed by atoms with E-state index in [0.717, 1.165) is 49.3 Å². The number of nitrogens with one attached hydrogen (secondary N) is 1. The number of nitrogens with zero attached hydrogens (tertiary/aromatic N) is 1. The Balaban J connectivity index is 1.88. The lowest BCUT2D eigenvalue weighted by Crippen LogP contribution is -2.37. The number of morpholine rings is 1. The van der Waals surface area contributed by atoms with Crippen LogP contribution in [0.4, 0.5) is 0 Å². The molecular weight excluding hydrogens is 296 g/mol. The Morgan fingerprint density at radius 2 is 2.11 bits per heavy atom. The van der Waals surface area contributed by atoms with E-state index in [-0.39, 0.29) is 0 Å². The summed E-state index contributed by atoms with van der Waals surface area (Å²) >= 11 is 3.59. The van der Waals surface area contributed by atoms with Gasteiger partial charge in [0.2, 0.25) is 0 Å². The molecule has 1 aromatic rings. The summed E-state index contributed by atoms with van der Waals surface area (Å²) in [5, 5.41) is 8.67. The van der Waals surface area contributed by atoms with Gasteiger partial charge in [0, 0.05) is 30.7 Å². The van der Waals surface area contributed by atoms with Crippen LogP contribution in [0, 0.1) is 0 Å². The third-order valence-corrected chi connectivity index (χ3v) is 3.94. The first kappa shape index (κ1) is 14.0. The minimum Gasteiger partial charge on any atom is -0.379 e. The van der Waals surface area contributed by atoms with Crippen LogP contribution in [-0.2, 0) is 17.7 Å². The molecule has 0 aromatic heterocycles. The maximum absolute atomic E-state index is 8.67. The largest absolute Gasteiger partial charge is 0.379 e. The van der Waals surface area contributed by atoms with Crippen molar-refractivity contribution in [1.29, 1.82) is 0 Å². The maximum atomic E-state index is 8.67. The number of ether oxygens (including phenoxy) is 1. The zero-order chi connectivity index (χ0) is 12.8. The van der Waals surface area contributed by atoms with Gasteiger partial charge in [-0.3, -0.25) is 4.90 Å². The SMILES string of the molecule is ONCc1ccc(CCN2CCOCC2)c(Br)c1. The Morgan fingerprint density at radius 3 is 2.78 bits per heavy atom. The predicted molar refractivity (Wildman–Crippen MR) is 73.7 cm³/mol. The molecule has 1 aliphatic rings. The number of hydroxylamine groups is 1. The lowest BCUT2D eigenvalue weighted by Gasteiger charge is -2.26. The van der Waals surface area contributed by atoms with Crippen molar-refractivity contribution >= 4 is 15.9 Å². The van der Waals surface area contributed by atoms with Crippen LogP contribution >= 0.6 is 15.9 Å². The van der Waals surface area contributed by atoms with Gasteiger partial charge in [-0.2, -0.15) is 0 Å². The molecule has 4 nitrogen and oxygen atoms in total. The molecule has 5 heteroatoms. The van der Waals surface area contributed by atoms with Gasteiger partial charge in [-0.05, 0) is 23.6 Å². The zero-order valence-electron chi connectivity index (χ0n) is 10.4. The normalized spacial score (nSPS) is 17.0. The van der Waals surface area contributed by atoms with Crippen molar-refractivity contribution in [2.45, 2.75) is 13.0 Å². The van der Waals surface area contributed by atoms with E-state index in [0.29, 0.717) is 6.54 Å². The first-order chi connectivity index (χ1) is 8.79. The van der Waals surface area contributed by atoms with Gasteiger partial charge in [-0.25, -0.2) is 5.48 Å². The van der Waals surface area contributed by atoms with Gasteiger partial charge in [0.05, 0.1) is 13.2 Å². The van der Waals surface area contributed by atoms with Gasteiger partial charge < -0.3 is 9.94 Å². The van der Waals surface area contributed by atoms with Gasteiger partial charge in [-0.1, -0.05) is 28.1 Å².